The third-order valence-electron chi connectivity index (χ3n) is 2.39. The Kier molecular flexibility index (Phi) is 4.99. The molecule has 0 radical (unpaired) electrons. The van der Waals surface area contributed by atoms with Crippen molar-refractivity contribution in [3.8, 4) is 0 Å². The zero-order valence-electron chi connectivity index (χ0n) is 10.7. The van der Waals surface area contributed by atoms with Crippen LogP contribution in [0.3, 0.4) is 0 Å². The highest BCUT2D eigenvalue weighted by Gasteiger charge is 2.03. The molecule has 0 aliphatic carbocycles. The van der Waals surface area contributed by atoms with Gasteiger partial charge in [-0.3, -0.25) is 4.98 Å². The average molecular weight is 244 g/mol. The number of rotatable bonds is 1. The summed E-state index contributed by atoms with van der Waals surface area (Å²) in [6.45, 7) is 5.51. The summed E-state index contributed by atoms with van der Waals surface area (Å²) in [6, 6.07) is 3.69. The van der Waals surface area contributed by atoms with Crippen LogP contribution in [-0.4, -0.2) is 11.0 Å². The zero-order valence-corrected chi connectivity index (χ0v) is 10.7. The molecule has 0 saturated heterocycles. The molecule has 4 heteroatoms. The summed E-state index contributed by atoms with van der Waals surface area (Å²) in [7, 11) is 0. The molecule has 4 nitrogen and oxygen atoms in total. The molecule has 0 unspecified atom stereocenters. The van der Waals surface area contributed by atoms with E-state index in [0.29, 0.717) is 5.56 Å². The van der Waals surface area contributed by atoms with Crippen LogP contribution in [0.4, 0.5) is 0 Å². The molecule has 0 fully saturated rings. The quantitative estimate of drug-likeness (QED) is 0.747. The van der Waals surface area contributed by atoms with Gasteiger partial charge in [0, 0.05) is 5.56 Å². The van der Waals surface area contributed by atoms with Gasteiger partial charge in [0.25, 0.3) is 0 Å². The number of H-pyrrole nitrogens is 1. The molecule has 0 spiro atoms. The third-order valence-corrected chi connectivity index (χ3v) is 2.39. The fraction of sp³-hybridized carbons (Fsp3) is 0.214. The molecule has 1 N–H and O–H groups in total. The molecule has 1 heterocycles. The monoisotopic (exact) mass is 244 g/mol. The minimum absolute atomic E-state index is 0.320. The number of carbonyl (C=O) groups is 1. The number of aryl methyl sites for hydroxylation is 3. The first-order valence-corrected chi connectivity index (χ1v) is 5.57. The van der Waals surface area contributed by atoms with Gasteiger partial charge >= 0.3 is 0 Å². The molecule has 2 rings (SSSR count). The topological polar surface area (TPSA) is 67.2 Å². The number of hydrogen-bond acceptors (Lipinski definition) is 3. The number of nitrogens with one attached hydrogen (secondary N) is 1. The minimum atomic E-state index is -1.09. The number of carboxylic acid groups (broad SMARTS) is 1. The first-order chi connectivity index (χ1) is 8.52. The van der Waals surface area contributed by atoms with Crippen LogP contribution in [0.1, 0.15) is 27.0 Å². The first kappa shape index (κ1) is 13.8. The highest BCUT2D eigenvalue weighted by molar-refractivity contribution is 5.89. The maximum absolute atomic E-state index is 10.6. The number of aromatic nitrogens is 2. The van der Waals surface area contributed by atoms with Crippen LogP contribution in [0.25, 0.3) is 0 Å². The lowest BCUT2D eigenvalue weighted by Gasteiger charge is -2.11. The number of hydrogen-bond donors (Lipinski definition) is 0. The van der Waals surface area contributed by atoms with E-state index in [-0.39, 0.29) is 0 Å². The van der Waals surface area contributed by atoms with Gasteiger partial charge in [-0.2, -0.15) is 0 Å². The Morgan fingerprint density at radius 1 is 1.11 bits per heavy atom. The Morgan fingerprint density at radius 2 is 1.61 bits per heavy atom. The highest BCUT2D eigenvalue weighted by Crippen LogP contribution is 2.14. The molecule has 0 bridgehead atoms. The van der Waals surface area contributed by atoms with E-state index in [9.17, 15) is 9.90 Å². The van der Waals surface area contributed by atoms with Crippen molar-refractivity contribution in [2.75, 3.05) is 0 Å². The molecular weight excluding hydrogens is 228 g/mol. The van der Waals surface area contributed by atoms with Gasteiger partial charge in [0.1, 0.15) is 0 Å². The zero-order chi connectivity index (χ0) is 13.5. The predicted molar refractivity (Wildman–Crippen MR) is 65.8 cm³/mol. The van der Waals surface area contributed by atoms with Gasteiger partial charge in [0.2, 0.25) is 0 Å². The minimum Gasteiger partial charge on any atom is -0.545 e. The summed E-state index contributed by atoms with van der Waals surface area (Å²) in [5.74, 6) is -1.09. The summed E-state index contributed by atoms with van der Waals surface area (Å²) >= 11 is 0. The maximum Gasteiger partial charge on any atom is 0.185 e. The van der Waals surface area contributed by atoms with E-state index in [4.69, 9.17) is 0 Å². The lowest BCUT2D eigenvalue weighted by Crippen LogP contribution is -2.24. The Bertz CT molecular complexity index is 475. The highest BCUT2D eigenvalue weighted by atomic mass is 16.4. The molecule has 0 atom stereocenters. The lowest BCUT2D eigenvalue weighted by molar-refractivity contribution is -0.378. The van der Waals surface area contributed by atoms with Crippen LogP contribution in [-0.2, 0) is 0 Å². The smallest absolute Gasteiger partial charge is 0.185 e. The van der Waals surface area contributed by atoms with E-state index in [2.05, 4.69) is 9.97 Å². The van der Waals surface area contributed by atoms with Gasteiger partial charge in [-0.1, -0.05) is 17.7 Å². The Hall–Kier alpha value is -2.23. The second-order valence-electron chi connectivity index (χ2n) is 4.01. The molecular formula is C14H16N2O2. The Balaban J connectivity index is 0.000000225. The molecule has 18 heavy (non-hydrogen) atoms. The van der Waals surface area contributed by atoms with Gasteiger partial charge in [0.15, 0.2) is 12.4 Å². The van der Waals surface area contributed by atoms with Crippen molar-refractivity contribution in [1.29, 1.82) is 0 Å². The SMILES string of the molecule is Cc1cc(C)c(C(=O)[O-])c(C)c1.c1c[nH+]ccn1. The van der Waals surface area contributed by atoms with Gasteiger partial charge in [0.05, 0.1) is 18.4 Å². The van der Waals surface area contributed by atoms with Crippen LogP contribution < -0.4 is 10.1 Å². The van der Waals surface area contributed by atoms with E-state index in [1.54, 1.807) is 38.6 Å². The fourth-order valence-corrected chi connectivity index (χ4v) is 1.78. The van der Waals surface area contributed by atoms with Crippen molar-refractivity contribution in [3.05, 3.63) is 59.2 Å². The van der Waals surface area contributed by atoms with E-state index >= 15 is 0 Å². The van der Waals surface area contributed by atoms with Crippen molar-refractivity contribution < 1.29 is 14.9 Å². The van der Waals surface area contributed by atoms with Crippen LogP contribution >= 0.6 is 0 Å². The van der Waals surface area contributed by atoms with Gasteiger partial charge in [-0.15, -0.1) is 0 Å². The molecule has 0 aliphatic heterocycles. The molecule has 0 aliphatic rings. The van der Waals surface area contributed by atoms with Crippen molar-refractivity contribution in [3.63, 3.8) is 0 Å². The summed E-state index contributed by atoms with van der Waals surface area (Å²) in [4.78, 5) is 17.2. The van der Waals surface area contributed by atoms with Crippen molar-refractivity contribution in [1.82, 2.24) is 4.98 Å². The first-order valence-electron chi connectivity index (χ1n) is 5.57. The van der Waals surface area contributed by atoms with Crippen LogP contribution in [0.2, 0.25) is 0 Å². The normalized spacial score (nSPS) is 9.28. The number of carboxylic acids is 1. The maximum atomic E-state index is 10.6. The molecule has 2 aromatic rings. The molecule has 94 valence electrons. The van der Waals surface area contributed by atoms with E-state index in [0.717, 1.165) is 16.7 Å². The van der Waals surface area contributed by atoms with Gasteiger partial charge in [-0.05, 0) is 31.9 Å². The number of aromatic carboxylic acids is 1. The summed E-state index contributed by atoms with van der Waals surface area (Å²) in [6.07, 6.45) is 6.92. The summed E-state index contributed by atoms with van der Waals surface area (Å²) in [5.41, 5.74) is 2.94. The number of aromatic amines is 1. The van der Waals surface area contributed by atoms with Crippen molar-refractivity contribution in [2.45, 2.75) is 20.8 Å². The second-order valence-corrected chi connectivity index (χ2v) is 4.01. The van der Waals surface area contributed by atoms with Crippen molar-refractivity contribution >= 4 is 5.97 Å². The number of carbonyl (C=O) groups excluding carboxylic acids is 1. The Labute approximate surface area is 106 Å². The lowest BCUT2D eigenvalue weighted by atomic mass is 10.0. The average Bonchev–Trinajstić information content (AvgIpc) is 2.30. The summed E-state index contributed by atoms with van der Waals surface area (Å²) in [5, 5.41) is 10.6. The van der Waals surface area contributed by atoms with Crippen LogP contribution in [0.15, 0.2) is 36.9 Å². The predicted octanol–water partition coefficient (Wildman–Crippen LogP) is 0.871. The number of nitrogens with zero attached hydrogens (tertiary/aromatic N) is 1. The van der Waals surface area contributed by atoms with Crippen LogP contribution in [0, 0.1) is 20.8 Å². The largest absolute Gasteiger partial charge is 0.545 e. The van der Waals surface area contributed by atoms with Gasteiger partial charge in [-0.25, -0.2) is 4.98 Å². The van der Waals surface area contributed by atoms with Crippen molar-refractivity contribution in [2.24, 2.45) is 0 Å². The molecule has 1 aromatic carbocycles. The van der Waals surface area contributed by atoms with E-state index in [1.165, 1.54) is 0 Å². The van der Waals surface area contributed by atoms with Crippen LogP contribution in [0.5, 0.6) is 0 Å². The molecule has 0 amide bonds. The standard InChI is InChI=1S/C10H12O2.C4H4N2/c1-6-4-7(2)9(10(11)12)8(3)5-6;1-2-6-4-3-5-1/h4-5H,1-3H3,(H,11,12);1-4H. The third kappa shape index (κ3) is 3.97. The van der Waals surface area contributed by atoms with Gasteiger partial charge < -0.3 is 9.90 Å². The van der Waals surface area contributed by atoms with E-state index < -0.39 is 5.97 Å². The number of benzene rings is 1. The molecule has 1 aromatic heterocycles. The van der Waals surface area contributed by atoms with E-state index in [1.807, 2.05) is 19.1 Å². The molecule has 0 saturated carbocycles. The summed E-state index contributed by atoms with van der Waals surface area (Å²) < 4.78 is 0. The fourth-order valence-electron chi connectivity index (χ4n) is 1.78. The second kappa shape index (κ2) is 6.49. The Morgan fingerprint density at radius 3 is 1.89 bits per heavy atom.